The van der Waals surface area contributed by atoms with Crippen LogP contribution in [-0.2, 0) is 14.6 Å². The van der Waals surface area contributed by atoms with Gasteiger partial charge in [0.25, 0.3) is 0 Å². The SMILES string of the molecule is COc1ccc(S(=O)(=O)c2ccccc2)cc1NC(=S)NCCN1CCOCC1. The predicted molar refractivity (Wildman–Crippen MR) is 116 cm³/mol. The van der Waals surface area contributed by atoms with E-state index in [1.807, 2.05) is 0 Å². The molecule has 29 heavy (non-hydrogen) atoms. The molecule has 0 saturated carbocycles. The van der Waals surface area contributed by atoms with Gasteiger partial charge in [-0.1, -0.05) is 18.2 Å². The first kappa shape index (κ1) is 21.5. The van der Waals surface area contributed by atoms with Crippen LogP contribution in [0.5, 0.6) is 5.75 Å². The van der Waals surface area contributed by atoms with E-state index in [2.05, 4.69) is 15.5 Å². The molecule has 0 atom stereocenters. The van der Waals surface area contributed by atoms with Crippen LogP contribution in [0.2, 0.25) is 0 Å². The van der Waals surface area contributed by atoms with Gasteiger partial charge in [0.05, 0.1) is 35.8 Å². The Morgan fingerprint density at radius 2 is 1.86 bits per heavy atom. The summed E-state index contributed by atoms with van der Waals surface area (Å²) in [7, 11) is -2.10. The van der Waals surface area contributed by atoms with Crippen LogP contribution in [0.1, 0.15) is 0 Å². The van der Waals surface area contributed by atoms with E-state index in [1.165, 1.54) is 19.2 Å². The van der Waals surface area contributed by atoms with E-state index >= 15 is 0 Å². The van der Waals surface area contributed by atoms with Crippen LogP contribution in [0.15, 0.2) is 58.3 Å². The minimum Gasteiger partial charge on any atom is -0.495 e. The molecule has 0 unspecified atom stereocenters. The summed E-state index contributed by atoms with van der Waals surface area (Å²) >= 11 is 5.37. The number of benzene rings is 2. The molecule has 1 heterocycles. The van der Waals surface area contributed by atoms with Crippen molar-refractivity contribution >= 4 is 32.9 Å². The summed E-state index contributed by atoms with van der Waals surface area (Å²) in [5.41, 5.74) is 0.494. The Morgan fingerprint density at radius 3 is 2.55 bits per heavy atom. The molecule has 3 rings (SSSR count). The molecule has 1 aliphatic rings. The minimum atomic E-state index is -3.63. The van der Waals surface area contributed by atoms with Crippen LogP contribution in [0.4, 0.5) is 5.69 Å². The van der Waals surface area contributed by atoms with Gasteiger partial charge in [0.2, 0.25) is 9.84 Å². The zero-order valence-corrected chi connectivity index (χ0v) is 17.9. The van der Waals surface area contributed by atoms with Crippen molar-refractivity contribution in [1.82, 2.24) is 10.2 Å². The number of nitrogens with one attached hydrogen (secondary N) is 2. The van der Waals surface area contributed by atoms with Gasteiger partial charge in [-0.25, -0.2) is 8.42 Å². The number of thiocarbonyl (C=S) groups is 1. The molecule has 0 bridgehead atoms. The Kier molecular flexibility index (Phi) is 7.43. The first-order valence-corrected chi connectivity index (χ1v) is 11.2. The lowest BCUT2D eigenvalue weighted by molar-refractivity contribution is 0.0389. The molecule has 1 saturated heterocycles. The molecule has 1 aliphatic heterocycles. The van der Waals surface area contributed by atoms with Crippen molar-refractivity contribution in [3.63, 3.8) is 0 Å². The van der Waals surface area contributed by atoms with Gasteiger partial charge in [-0.2, -0.15) is 0 Å². The zero-order chi connectivity index (χ0) is 20.7. The highest BCUT2D eigenvalue weighted by Crippen LogP contribution is 2.30. The Balaban J connectivity index is 1.68. The van der Waals surface area contributed by atoms with E-state index in [0.717, 1.165) is 32.8 Å². The van der Waals surface area contributed by atoms with Crippen molar-refractivity contribution in [2.24, 2.45) is 0 Å². The topological polar surface area (TPSA) is 79.9 Å². The normalized spacial score (nSPS) is 14.9. The van der Waals surface area contributed by atoms with Gasteiger partial charge in [-0.15, -0.1) is 0 Å². The largest absolute Gasteiger partial charge is 0.495 e. The molecule has 2 aromatic rings. The molecule has 7 nitrogen and oxygen atoms in total. The highest BCUT2D eigenvalue weighted by atomic mass is 32.2. The quantitative estimate of drug-likeness (QED) is 0.641. The van der Waals surface area contributed by atoms with Crippen molar-refractivity contribution in [3.8, 4) is 5.75 Å². The van der Waals surface area contributed by atoms with Gasteiger partial charge >= 0.3 is 0 Å². The van der Waals surface area contributed by atoms with Gasteiger partial charge in [-0.05, 0) is 42.5 Å². The number of rotatable bonds is 7. The van der Waals surface area contributed by atoms with Crippen LogP contribution in [0.3, 0.4) is 0 Å². The lowest BCUT2D eigenvalue weighted by Gasteiger charge is -2.26. The first-order valence-electron chi connectivity index (χ1n) is 9.34. The maximum Gasteiger partial charge on any atom is 0.206 e. The highest BCUT2D eigenvalue weighted by Gasteiger charge is 2.19. The third-order valence-electron chi connectivity index (χ3n) is 4.60. The van der Waals surface area contributed by atoms with Crippen LogP contribution >= 0.6 is 12.2 Å². The summed E-state index contributed by atoms with van der Waals surface area (Å²) in [6.45, 7) is 4.86. The van der Waals surface area contributed by atoms with Gasteiger partial charge in [-0.3, -0.25) is 4.90 Å². The molecule has 0 amide bonds. The van der Waals surface area contributed by atoms with Gasteiger partial charge < -0.3 is 20.1 Å². The fraction of sp³-hybridized carbons (Fsp3) is 0.350. The molecule has 2 N–H and O–H groups in total. The smallest absolute Gasteiger partial charge is 0.206 e. The van der Waals surface area contributed by atoms with Crippen molar-refractivity contribution < 1.29 is 17.9 Å². The fourth-order valence-corrected chi connectivity index (χ4v) is 4.53. The fourth-order valence-electron chi connectivity index (χ4n) is 3.01. The summed E-state index contributed by atoms with van der Waals surface area (Å²) in [6, 6.07) is 13.0. The monoisotopic (exact) mass is 435 g/mol. The number of anilines is 1. The standard InChI is InChI=1S/C20H25N3O4S2/c1-26-19-8-7-17(29(24,25)16-5-3-2-4-6-16)15-18(19)22-20(28)21-9-10-23-11-13-27-14-12-23/h2-8,15H,9-14H2,1H3,(H2,21,22,28). The Bertz CT molecular complexity index is 930. The summed E-state index contributed by atoms with van der Waals surface area (Å²) in [5, 5.41) is 6.61. The zero-order valence-electron chi connectivity index (χ0n) is 16.3. The van der Waals surface area contributed by atoms with Crippen LogP contribution in [0.25, 0.3) is 0 Å². The second kappa shape index (κ2) is 10.0. The molecular weight excluding hydrogens is 410 g/mol. The molecular formula is C20H25N3O4S2. The molecule has 1 fully saturated rings. The second-order valence-corrected chi connectivity index (χ2v) is 8.87. The Labute approximate surface area is 176 Å². The van der Waals surface area contributed by atoms with Gasteiger partial charge in [0.1, 0.15) is 5.75 Å². The number of nitrogens with zero attached hydrogens (tertiary/aromatic N) is 1. The Morgan fingerprint density at radius 1 is 1.14 bits per heavy atom. The minimum absolute atomic E-state index is 0.170. The van der Waals surface area contributed by atoms with E-state index in [-0.39, 0.29) is 9.79 Å². The lowest BCUT2D eigenvalue weighted by atomic mass is 10.3. The van der Waals surface area contributed by atoms with Crippen LogP contribution < -0.4 is 15.4 Å². The number of morpholine rings is 1. The first-order chi connectivity index (χ1) is 14.0. The maximum absolute atomic E-state index is 12.9. The second-order valence-electron chi connectivity index (χ2n) is 6.51. The average Bonchev–Trinajstić information content (AvgIpc) is 2.75. The van der Waals surface area contributed by atoms with E-state index in [4.69, 9.17) is 21.7 Å². The van der Waals surface area contributed by atoms with Crippen molar-refractivity contribution in [3.05, 3.63) is 48.5 Å². The number of hydrogen-bond donors (Lipinski definition) is 2. The molecule has 156 valence electrons. The van der Waals surface area contributed by atoms with Crippen LogP contribution in [0, 0.1) is 0 Å². The third kappa shape index (κ3) is 5.66. The Hall–Kier alpha value is -2.20. The molecule has 0 aliphatic carbocycles. The van der Waals surface area contributed by atoms with E-state index in [0.29, 0.717) is 23.1 Å². The van der Waals surface area contributed by atoms with Crippen molar-refractivity contribution in [2.45, 2.75) is 9.79 Å². The number of sulfone groups is 1. The third-order valence-corrected chi connectivity index (χ3v) is 6.61. The number of methoxy groups -OCH3 is 1. The van der Waals surface area contributed by atoms with Gasteiger partial charge in [0, 0.05) is 26.2 Å². The number of ether oxygens (including phenoxy) is 2. The average molecular weight is 436 g/mol. The van der Waals surface area contributed by atoms with Crippen molar-refractivity contribution in [1.29, 1.82) is 0 Å². The predicted octanol–water partition coefficient (Wildman–Crippen LogP) is 2.15. The molecule has 0 aromatic heterocycles. The summed E-state index contributed by atoms with van der Waals surface area (Å²) in [5.74, 6) is 0.509. The highest BCUT2D eigenvalue weighted by molar-refractivity contribution is 7.91. The maximum atomic E-state index is 12.9. The summed E-state index contributed by atoms with van der Waals surface area (Å²) < 4.78 is 36.5. The number of hydrogen-bond acceptors (Lipinski definition) is 6. The van der Waals surface area contributed by atoms with Gasteiger partial charge in [0.15, 0.2) is 5.11 Å². The van der Waals surface area contributed by atoms with Crippen LogP contribution in [-0.4, -0.2) is 64.9 Å². The molecule has 2 aromatic carbocycles. The molecule has 9 heteroatoms. The summed E-state index contributed by atoms with van der Waals surface area (Å²) in [6.07, 6.45) is 0. The lowest BCUT2D eigenvalue weighted by Crippen LogP contribution is -2.42. The summed E-state index contributed by atoms with van der Waals surface area (Å²) in [4.78, 5) is 2.71. The van der Waals surface area contributed by atoms with E-state index in [9.17, 15) is 8.42 Å². The van der Waals surface area contributed by atoms with E-state index in [1.54, 1.807) is 36.4 Å². The molecule has 0 spiro atoms. The van der Waals surface area contributed by atoms with E-state index < -0.39 is 9.84 Å². The van der Waals surface area contributed by atoms with Crippen molar-refractivity contribution in [2.75, 3.05) is 51.8 Å². The molecule has 0 radical (unpaired) electrons.